The van der Waals surface area contributed by atoms with Crippen LogP contribution in [0, 0.1) is 0 Å². The Balaban J connectivity index is 2.93. The molecular formula is C20H34BrNO3Si. The molecule has 0 spiro atoms. The first-order chi connectivity index (χ1) is 11.7. The zero-order valence-electron chi connectivity index (χ0n) is 17.4. The maximum atomic E-state index is 12.3. The number of hydrogen-bond acceptors (Lipinski definition) is 3. The number of ether oxygens (including phenoxy) is 1. The molecule has 4 nitrogen and oxygen atoms in total. The molecular weight excluding hydrogens is 410 g/mol. The van der Waals surface area contributed by atoms with Gasteiger partial charge in [0.25, 0.3) is 0 Å². The van der Waals surface area contributed by atoms with E-state index in [2.05, 4.69) is 55.1 Å². The molecule has 0 heterocycles. The fourth-order valence-electron chi connectivity index (χ4n) is 2.04. The van der Waals surface area contributed by atoms with Gasteiger partial charge in [0.15, 0.2) is 8.32 Å². The Morgan fingerprint density at radius 1 is 1.12 bits per heavy atom. The Hall–Kier alpha value is -0.853. The van der Waals surface area contributed by atoms with Crippen molar-refractivity contribution in [3.8, 4) is 0 Å². The summed E-state index contributed by atoms with van der Waals surface area (Å²) in [6.07, 6.45) is -0.429. The molecule has 0 aliphatic carbocycles. The molecule has 0 bridgehead atoms. The Kier molecular flexibility index (Phi) is 7.93. The van der Waals surface area contributed by atoms with E-state index in [0.29, 0.717) is 6.61 Å². The standard InChI is InChI=1S/C20H34BrNO3Si/c1-19(2,3)25-18(23)22-16(14-24-26(7,8)20(4,5)6)17(21)15-12-10-9-11-13-15/h9-13,16-17H,14H2,1-8H3,(H,22,23)/t16-,17+/m1/s1. The highest BCUT2D eigenvalue weighted by Crippen LogP contribution is 2.37. The molecule has 1 aromatic rings. The molecule has 0 aliphatic heterocycles. The van der Waals surface area contributed by atoms with Crippen LogP contribution in [0.1, 0.15) is 51.9 Å². The van der Waals surface area contributed by atoms with E-state index in [1.807, 2.05) is 51.1 Å². The second-order valence-electron chi connectivity index (χ2n) is 9.14. The van der Waals surface area contributed by atoms with E-state index in [9.17, 15) is 4.79 Å². The van der Waals surface area contributed by atoms with Crippen molar-refractivity contribution in [2.24, 2.45) is 0 Å². The van der Waals surface area contributed by atoms with Crippen LogP contribution in [0.5, 0.6) is 0 Å². The largest absolute Gasteiger partial charge is 0.444 e. The van der Waals surface area contributed by atoms with E-state index in [-0.39, 0.29) is 15.9 Å². The first-order valence-electron chi connectivity index (χ1n) is 9.05. The van der Waals surface area contributed by atoms with Crippen molar-refractivity contribution in [3.63, 3.8) is 0 Å². The van der Waals surface area contributed by atoms with Crippen LogP contribution in [0.3, 0.4) is 0 Å². The molecule has 0 aliphatic rings. The van der Waals surface area contributed by atoms with Crippen LogP contribution < -0.4 is 5.32 Å². The van der Waals surface area contributed by atoms with Crippen LogP contribution in [0.15, 0.2) is 30.3 Å². The van der Waals surface area contributed by atoms with Crippen LogP contribution in [-0.4, -0.2) is 32.7 Å². The summed E-state index contributed by atoms with van der Waals surface area (Å²) < 4.78 is 11.8. The van der Waals surface area contributed by atoms with Gasteiger partial charge in [0.05, 0.1) is 17.5 Å². The van der Waals surface area contributed by atoms with Crippen molar-refractivity contribution >= 4 is 30.3 Å². The molecule has 0 fully saturated rings. The van der Waals surface area contributed by atoms with Crippen molar-refractivity contribution < 1.29 is 14.0 Å². The summed E-state index contributed by atoms with van der Waals surface area (Å²) in [6, 6.07) is 9.80. The van der Waals surface area contributed by atoms with Crippen LogP contribution in [-0.2, 0) is 9.16 Å². The van der Waals surface area contributed by atoms with Gasteiger partial charge in [0.2, 0.25) is 0 Å². The van der Waals surface area contributed by atoms with Gasteiger partial charge in [0.1, 0.15) is 5.60 Å². The molecule has 1 aromatic carbocycles. The molecule has 1 rings (SSSR count). The number of hydrogen-bond donors (Lipinski definition) is 1. The molecule has 1 amide bonds. The number of carbonyl (C=O) groups excluding carboxylic acids is 1. The number of nitrogens with one attached hydrogen (secondary N) is 1. The average molecular weight is 444 g/mol. The van der Waals surface area contributed by atoms with E-state index in [1.54, 1.807) is 0 Å². The van der Waals surface area contributed by atoms with Crippen LogP contribution in [0.2, 0.25) is 18.1 Å². The molecule has 148 valence electrons. The number of rotatable bonds is 6. The SMILES string of the molecule is CC(C)(C)OC(=O)N[C@H](CO[Si](C)(C)C(C)(C)C)[C@@H](Br)c1ccccc1. The molecule has 2 atom stereocenters. The van der Waals surface area contributed by atoms with E-state index in [1.165, 1.54) is 0 Å². The Labute approximate surface area is 168 Å². The predicted octanol–water partition coefficient (Wildman–Crippen LogP) is 6.04. The van der Waals surface area contributed by atoms with Gasteiger partial charge in [-0.3, -0.25) is 0 Å². The first kappa shape index (κ1) is 23.2. The van der Waals surface area contributed by atoms with Gasteiger partial charge in [0, 0.05) is 0 Å². The van der Waals surface area contributed by atoms with Crippen molar-refractivity contribution in [2.45, 2.75) is 76.1 Å². The zero-order chi connectivity index (χ0) is 20.2. The first-order valence-corrected chi connectivity index (χ1v) is 12.9. The fourth-order valence-corrected chi connectivity index (χ4v) is 3.66. The van der Waals surface area contributed by atoms with Crippen molar-refractivity contribution in [2.75, 3.05) is 6.61 Å². The van der Waals surface area contributed by atoms with Crippen LogP contribution in [0.25, 0.3) is 0 Å². The molecule has 1 N–H and O–H groups in total. The smallest absolute Gasteiger partial charge is 0.407 e. The lowest BCUT2D eigenvalue weighted by atomic mass is 10.1. The number of halogens is 1. The third-order valence-corrected chi connectivity index (χ3v) is 10.3. The van der Waals surface area contributed by atoms with Gasteiger partial charge in [-0.25, -0.2) is 4.79 Å². The summed E-state index contributed by atoms with van der Waals surface area (Å²) in [4.78, 5) is 12.3. The zero-order valence-corrected chi connectivity index (χ0v) is 19.9. The number of carbonyl (C=O) groups is 1. The van der Waals surface area contributed by atoms with Gasteiger partial charge < -0.3 is 14.5 Å². The molecule has 0 saturated heterocycles. The topological polar surface area (TPSA) is 47.6 Å². The lowest BCUT2D eigenvalue weighted by molar-refractivity contribution is 0.0484. The third kappa shape index (κ3) is 7.41. The predicted molar refractivity (Wildman–Crippen MR) is 114 cm³/mol. The maximum Gasteiger partial charge on any atom is 0.407 e. The highest BCUT2D eigenvalue weighted by Gasteiger charge is 2.38. The second-order valence-corrected chi connectivity index (χ2v) is 14.9. The molecule has 6 heteroatoms. The Morgan fingerprint density at radius 2 is 1.65 bits per heavy atom. The van der Waals surface area contributed by atoms with E-state index in [0.717, 1.165) is 5.56 Å². The number of alkyl carbamates (subject to hydrolysis) is 1. The van der Waals surface area contributed by atoms with Gasteiger partial charge in [-0.15, -0.1) is 0 Å². The average Bonchev–Trinajstić information content (AvgIpc) is 2.48. The molecule has 0 aromatic heterocycles. The number of alkyl halides is 1. The van der Waals surface area contributed by atoms with Crippen LogP contribution >= 0.6 is 15.9 Å². The Morgan fingerprint density at radius 3 is 2.12 bits per heavy atom. The van der Waals surface area contributed by atoms with Gasteiger partial charge in [-0.05, 0) is 44.5 Å². The molecule has 26 heavy (non-hydrogen) atoms. The third-order valence-electron chi connectivity index (χ3n) is 4.60. The monoisotopic (exact) mass is 443 g/mol. The van der Waals surface area contributed by atoms with Crippen molar-refractivity contribution in [1.29, 1.82) is 0 Å². The van der Waals surface area contributed by atoms with E-state index < -0.39 is 20.0 Å². The minimum Gasteiger partial charge on any atom is -0.444 e. The summed E-state index contributed by atoms with van der Waals surface area (Å²) in [7, 11) is -1.93. The molecule has 0 unspecified atom stereocenters. The quantitative estimate of drug-likeness (QED) is 0.430. The number of amides is 1. The number of benzene rings is 1. The normalized spacial score (nSPS) is 15.3. The van der Waals surface area contributed by atoms with Crippen molar-refractivity contribution in [3.05, 3.63) is 35.9 Å². The molecule has 0 saturated carbocycles. The lowest BCUT2D eigenvalue weighted by Crippen LogP contribution is -2.48. The van der Waals surface area contributed by atoms with Crippen molar-refractivity contribution in [1.82, 2.24) is 5.32 Å². The second kappa shape index (κ2) is 8.89. The van der Waals surface area contributed by atoms with Crippen LogP contribution in [0.4, 0.5) is 4.79 Å². The minimum absolute atomic E-state index is 0.0685. The van der Waals surface area contributed by atoms with E-state index in [4.69, 9.17) is 9.16 Å². The van der Waals surface area contributed by atoms with Gasteiger partial charge in [-0.1, -0.05) is 67.0 Å². The lowest BCUT2D eigenvalue weighted by Gasteiger charge is -2.38. The van der Waals surface area contributed by atoms with Gasteiger partial charge >= 0.3 is 6.09 Å². The molecule has 0 radical (unpaired) electrons. The summed E-state index contributed by atoms with van der Waals surface area (Å²) in [5, 5.41) is 3.09. The Bertz CT molecular complexity index is 579. The minimum atomic E-state index is -1.93. The highest BCUT2D eigenvalue weighted by molar-refractivity contribution is 9.09. The van der Waals surface area contributed by atoms with E-state index >= 15 is 0 Å². The summed E-state index contributed by atoms with van der Waals surface area (Å²) in [6.45, 7) is 17.0. The summed E-state index contributed by atoms with van der Waals surface area (Å²) in [5.41, 5.74) is 0.552. The summed E-state index contributed by atoms with van der Waals surface area (Å²) >= 11 is 3.74. The highest BCUT2D eigenvalue weighted by atomic mass is 79.9. The maximum absolute atomic E-state index is 12.3. The van der Waals surface area contributed by atoms with Gasteiger partial charge in [-0.2, -0.15) is 0 Å². The fraction of sp³-hybridized carbons (Fsp3) is 0.650. The summed E-state index contributed by atoms with van der Waals surface area (Å²) in [5.74, 6) is 0.